The first kappa shape index (κ1) is 16.7. The van der Waals surface area contributed by atoms with Crippen molar-refractivity contribution in [2.24, 2.45) is 0 Å². The highest BCUT2D eigenvalue weighted by Crippen LogP contribution is 2.31. The Morgan fingerprint density at radius 2 is 1.73 bits per heavy atom. The summed E-state index contributed by atoms with van der Waals surface area (Å²) in [7, 11) is 0. The lowest BCUT2D eigenvalue weighted by atomic mass is 10.0. The summed E-state index contributed by atoms with van der Waals surface area (Å²) in [4.78, 5) is 6.36. The first-order chi connectivity index (χ1) is 10.1. The van der Waals surface area contributed by atoms with Crippen molar-refractivity contribution in [2.45, 2.75) is 37.5 Å². The summed E-state index contributed by atoms with van der Waals surface area (Å²) in [6.45, 7) is 1.22. The van der Waals surface area contributed by atoms with Crippen molar-refractivity contribution in [3.63, 3.8) is 0 Å². The lowest BCUT2D eigenvalue weighted by Gasteiger charge is -2.23. The number of alkyl halides is 3. The van der Waals surface area contributed by atoms with Crippen molar-refractivity contribution in [2.75, 3.05) is 0 Å². The van der Waals surface area contributed by atoms with E-state index in [1.165, 1.54) is 6.92 Å². The van der Waals surface area contributed by atoms with E-state index in [-0.39, 0.29) is 16.9 Å². The zero-order chi connectivity index (χ0) is 16.7. The summed E-state index contributed by atoms with van der Waals surface area (Å²) in [5, 5.41) is 38.3. The summed E-state index contributed by atoms with van der Waals surface area (Å²) in [5.74, 6) is -0.207. The van der Waals surface area contributed by atoms with E-state index in [2.05, 4.69) is 9.97 Å². The molecule has 2 aromatic rings. The van der Waals surface area contributed by atoms with Gasteiger partial charge in [0.1, 0.15) is 24.1 Å². The molecule has 0 saturated heterocycles. The number of aromatic amines is 1. The molecule has 0 fully saturated rings. The quantitative estimate of drug-likeness (QED) is 0.570. The monoisotopic (exact) mass is 320 g/mol. The van der Waals surface area contributed by atoms with Crippen LogP contribution in [-0.2, 0) is 6.18 Å². The van der Waals surface area contributed by atoms with Gasteiger partial charge >= 0.3 is 6.18 Å². The minimum atomic E-state index is -4.52. The molecule has 122 valence electrons. The van der Waals surface area contributed by atoms with Gasteiger partial charge in [0.2, 0.25) is 0 Å². The number of H-pyrrole nitrogens is 1. The average Bonchev–Trinajstić information content (AvgIpc) is 2.86. The highest BCUT2D eigenvalue weighted by molar-refractivity contribution is 5.76. The number of aromatic nitrogens is 2. The first-order valence-corrected chi connectivity index (χ1v) is 6.40. The first-order valence-electron chi connectivity index (χ1n) is 6.40. The van der Waals surface area contributed by atoms with Crippen molar-refractivity contribution >= 4 is 11.0 Å². The maximum absolute atomic E-state index is 12.6. The van der Waals surface area contributed by atoms with Crippen LogP contribution in [0.5, 0.6) is 0 Å². The van der Waals surface area contributed by atoms with Crippen LogP contribution in [0.1, 0.15) is 24.4 Å². The van der Waals surface area contributed by atoms with Gasteiger partial charge in [-0.15, -0.1) is 0 Å². The van der Waals surface area contributed by atoms with Gasteiger partial charge in [0.05, 0.1) is 22.7 Å². The molecule has 1 heterocycles. The maximum Gasteiger partial charge on any atom is 0.416 e. The topological polar surface area (TPSA) is 110 Å². The number of aliphatic hydroxyl groups excluding tert-OH is 4. The minimum absolute atomic E-state index is 0.0392. The summed E-state index contributed by atoms with van der Waals surface area (Å²) in [6, 6.07) is 2.82. The molecule has 0 aliphatic carbocycles. The maximum atomic E-state index is 12.6. The molecule has 9 heteroatoms. The Morgan fingerprint density at radius 1 is 1.09 bits per heavy atom. The second kappa shape index (κ2) is 5.84. The van der Waals surface area contributed by atoms with E-state index in [1.54, 1.807) is 0 Å². The predicted molar refractivity (Wildman–Crippen MR) is 69.7 cm³/mol. The molecule has 6 nitrogen and oxygen atoms in total. The molecule has 0 spiro atoms. The largest absolute Gasteiger partial charge is 0.416 e. The predicted octanol–water partition coefficient (Wildman–Crippen LogP) is 0.718. The van der Waals surface area contributed by atoms with Crippen LogP contribution in [0.2, 0.25) is 0 Å². The van der Waals surface area contributed by atoms with Crippen LogP contribution < -0.4 is 0 Å². The second-order valence-electron chi connectivity index (χ2n) is 5.02. The Bertz CT molecular complexity index is 656. The number of nitrogens with one attached hydrogen (secondary N) is 1. The van der Waals surface area contributed by atoms with Gasteiger partial charge in [-0.1, -0.05) is 0 Å². The summed E-state index contributed by atoms with van der Waals surface area (Å²) >= 11 is 0. The Labute approximate surface area is 122 Å². The normalized spacial score (nSPS) is 18.2. The molecule has 22 heavy (non-hydrogen) atoms. The van der Waals surface area contributed by atoms with Gasteiger partial charge in [0, 0.05) is 0 Å². The Hall–Kier alpha value is -1.68. The van der Waals surface area contributed by atoms with Crippen molar-refractivity contribution < 1.29 is 33.6 Å². The van der Waals surface area contributed by atoms with Crippen LogP contribution in [0.4, 0.5) is 13.2 Å². The number of rotatable bonds is 4. The third kappa shape index (κ3) is 3.22. The molecule has 4 atom stereocenters. The van der Waals surface area contributed by atoms with E-state index in [4.69, 9.17) is 0 Å². The summed E-state index contributed by atoms with van der Waals surface area (Å²) in [6.07, 6.45) is -10.9. The molecule has 1 aromatic heterocycles. The smallest absolute Gasteiger partial charge is 0.391 e. The molecule has 0 saturated carbocycles. The average molecular weight is 320 g/mol. The number of hydrogen-bond acceptors (Lipinski definition) is 5. The van der Waals surface area contributed by atoms with Gasteiger partial charge in [0.25, 0.3) is 0 Å². The Kier molecular flexibility index (Phi) is 4.43. The van der Waals surface area contributed by atoms with Gasteiger partial charge in [0.15, 0.2) is 0 Å². The molecule has 2 rings (SSSR count). The molecular formula is C13H15F3N2O4. The number of fused-ring (bicyclic) bond motifs is 1. The van der Waals surface area contributed by atoms with Crippen LogP contribution in [0.3, 0.4) is 0 Å². The van der Waals surface area contributed by atoms with Gasteiger partial charge in [-0.3, -0.25) is 0 Å². The highest BCUT2D eigenvalue weighted by atomic mass is 19.4. The molecule has 0 radical (unpaired) electrons. The number of aliphatic hydroxyl groups is 4. The van der Waals surface area contributed by atoms with Gasteiger partial charge in [-0.25, -0.2) is 4.98 Å². The molecule has 1 aromatic carbocycles. The zero-order valence-corrected chi connectivity index (χ0v) is 11.4. The van der Waals surface area contributed by atoms with E-state index in [0.29, 0.717) is 0 Å². The van der Waals surface area contributed by atoms with Crippen LogP contribution in [0, 0.1) is 0 Å². The fourth-order valence-electron chi connectivity index (χ4n) is 1.98. The van der Waals surface area contributed by atoms with Crippen molar-refractivity contribution in [1.82, 2.24) is 9.97 Å². The van der Waals surface area contributed by atoms with Crippen LogP contribution in [0.25, 0.3) is 11.0 Å². The molecular weight excluding hydrogens is 305 g/mol. The number of nitrogens with zero attached hydrogens (tertiary/aromatic N) is 1. The van der Waals surface area contributed by atoms with E-state index >= 15 is 0 Å². The van der Waals surface area contributed by atoms with E-state index in [9.17, 15) is 33.6 Å². The van der Waals surface area contributed by atoms with Gasteiger partial charge in [-0.2, -0.15) is 13.2 Å². The van der Waals surface area contributed by atoms with Crippen molar-refractivity contribution in [1.29, 1.82) is 0 Å². The highest BCUT2D eigenvalue weighted by Gasteiger charge is 2.33. The Morgan fingerprint density at radius 3 is 2.27 bits per heavy atom. The molecule has 0 bridgehead atoms. The fourth-order valence-corrected chi connectivity index (χ4v) is 1.98. The molecule has 0 aliphatic rings. The number of halogens is 3. The van der Waals surface area contributed by atoms with Gasteiger partial charge < -0.3 is 25.4 Å². The molecule has 0 amide bonds. The van der Waals surface area contributed by atoms with E-state index in [0.717, 1.165) is 18.2 Å². The molecule has 0 aliphatic heterocycles. The zero-order valence-electron chi connectivity index (χ0n) is 11.4. The molecule has 5 N–H and O–H groups in total. The van der Waals surface area contributed by atoms with Crippen LogP contribution in [-0.4, -0.2) is 48.7 Å². The van der Waals surface area contributed by atoms with Crippen molar-refractivity contribution in [3.8, 4) is 0 Å². The number of benzene rings is 1. The number of imidazole rings is 1. The summed E-state index contributed by atoms with van der Waals surface area (Å²) < 4.78 is 37.8. The molecule has 0 unspecified atom stereocenters. The van der Waals surface area contributed by atoms with E-state index < -0.39 is 36.2 Å². The van der Waals surface area contributed by atoms with Crippen LogP contribution in [0.15, 0.2) is 18.2 Å². The lowest BCUT2D eigenvalue weighted by Crippen LogP contribution is -2.39. The standard InChI is InChI=1S/C13H15F3N2O4/c1-5(19)9(20)10(21)11(22)12-17-7-3-2-6(13(14,15)16)4-8(7)18-12/h2-5,9-11,19-22H,1H3,(H,17,18)/t5-,9-,10+,11+/m1/s1. The fraction of sp³-hybridized carbons (Fsp3) is 0.462. The van der Waals surface area contributed by atoms with E-state index in [1.807, 2.05) is 0 Å². The van der Waals surface area contributed by atoms with Gasteiger partial charge in [-0.05, 0) is 25.1 Å². The SMILES string of the molecule is C[C@@H](O)[C@@H](O)[C@H](O)[C@H](O)c1nc2cc(C(F)(F)F)ccc2[nH]1. The third-order valence-corrected chi connectivity index (χ3v) is 3.28. The third-order valence-electron chi connectivity index (χ3n) is 3.28. The Balaban J connectivity index is 2.33. The van der Waals surface area contributed by atoms with Crippen LogP contribution >= 0.6 is 0 Å². The number of hydrogen-bond donors (Lipinski definition) is 5. The summed E-state index contributed by atoms with van der Waals surface area (Å²) in [5.41, 5.74) is -0.694. The lowest BCUT2D eigenvalue weighted by molar-refractivity contribution is -0.137. The van der Waals surface area contributed by atoms with Crippen molar-refractivity contribution in [3.05, 3.63) is 29.6 Å². The second-order valence-corrected chi connectivity index (χ2v) is 5.02. The minimum Gasteiger partial charge on any atom is -0.391 e.